The van der Waals surface area contributed by atoms with E-state index in [1.54, 1.807) is 35.0 Å². The second-order valence-electron chi connectivity index (χ2n) is 0. The van der Waals surface area contributed by atoms with Crippen LogP contribution in [0.5, 0.6) is 0 Å². The van der Waals surface area contributed by atoms with Crippen LogP contribution in [0.4, 0.5) is 0 Å². The standard InChI is InChI=1S/Lu.Mg.H2O.O.H/h;;1H2;;/q;+1;;;/p-1. The van der Waals surface area contributed by atoms with Gasteiger partial charge in [-0.2, -0.15) is 0 Å². The molecular formula is H2LuMgO2. The molecule has 0 radical (unpaired) electrons. The number of hydrogen-bond acceptors (Lipinski definition) is 2. The van der Waals surface area contributed by atoms with E-state index >= 15 is 0 Å². The first kappa shape index (κ1) is 17.1. The van der Waals surface area contributed by atoms with Gasteiger partial charge in [0.15, 0.2) is 0 Å². The van der Waals surface area contributed by atoms with Crippen LogP contribution in [0.15, 0.2) is 0 Å². The quantitative estimate of drug-likeness (QED) is 0.507. The molecule has 1 N–H and O–H groups in total. The van der Waals surface area contributed by atoms with Crippen molar-refractivity contribution in [1.82, 2.24) is 0 Å². The van der Waals surface area contributed by atoms with Gasteiger partial charge >= 0.3 is 59.6 Å². The minimum absolute atomic E-state index is 0. The summed E-state index contributed by atoms with van der Waals surface area (Å²) in [5, 5.41) is 0. The maximum atomic E-state index is 8.08. The van der Waals surface area contributed by atoms with Crippen LogP contribution in [0.1, 0.15) is 0 Å². The summed E-state index contributed by atoms with van der Waals surface area (Å²) in [6.07, 6.45) is 0. The van der Waals surface area contributed by atoms with E-state index in [1.807, 2.05) is 0 Å². The summed E-state index contributed by atoms with van der Waals surface area (Å²) in [5.41, 5.74) is 0. The van der Waals surface area contributed by atoms with Crippen LogP contribution in [-0.2, 0) is 1.54 Å². The van der Waals surface area contributed by atoms with Crippen LogP contribution in [-0.4, -0.2) is 28.5 Å². The monoisotopic (exact) mass is 233 g/mol. The summed E-state index contributed by atoms with van der Waals surface area (Å²) in [6, 6.07) is 0. The summed E-state index contributed by atoms with van der Waals surface area (Å²) in [5.74, 6) is 0. The van der Waals surface area contributed by atoms with E-state index in [4.69, 9.17) is 1.54 Å². The van der Waals surface area contributed by atoms with Crippen LogP contribution in [0.25, 0.3) is 0 Å². The molecule has 0 aromatic rings. The van der Waals surface area contributed by atoms with Crippen molar-refractivity contribution < 1.29 is 42.1 Å². The molecule has 0 amide bonds. The molecule has 0 spiro atoms. The van der Waals surface area contributed by atoms with Gasteiger partial charge in [0.05, 0.1) is 0 Å². The fourth-order valence-corrected chi connectivity index (χ4v) is 0. The molecule has 0 saturated carbocycles. The molecule has 4 heavy (non-hydrogen) atoms. The van der Waals surface area contributed by atoms with Gasteiger partial charge < -0.3 is 5.48 Å². The maximum absolute atomic E-state index is 8.08. The Morgan fingerprint density at radius 1 is 1.25 bits per heavy atom. The van der Waals surface area contributed by atoms with Gasteiger partial charge in [0.2, 0.25) is 0 Å². The predicted octanol–water partition coefficient (Wildman–Crippen LogP) is -0.944. The molecule has 0 aliphatic rings. The van der Waals surface area contributed by atoms with E-state index in [2.05, 4.69) is 0 Å². The van der Waals surface area contributed by atoms with E-state index in [-0.39, 0.29) is 28.5 Å². The van der Waals surface area contributed by atoms with Crippen molar-refractivity contribution in [2.75, 3.05) is 0 Å². The third-order valence-corrected chi connectivity index (χ3v) is 0. The zero-order valence-electron chi connectivity index (χ0n) is 2.11. The summed E-state index contributed by atoms with van der Waals surface area (Å²) >= 11 is 1.58. The fraction of sp³-hybridized carbons (Fsp3) is 0. The molecule has 0 heterocycles. The Bertz CT molecular complexity index is 6.00. The van der Waals surface area contributed by atoms with Gasteiger partial charge in [0.1, 0.15) is 0 Å². The van der Waals surface area contributed by atoms with Crippen molar-refractivity contribution in [3.8, 4) is 0 Å². The zero-order chi connectivity index (χ0) is 2.00. The van der Waals surface area contributed by atoms with E-state index in [0.717, 1.165) is 0 Å². The van der Waals surface area contributed by atoms with Gasteiger partial charge in [-0.15, -0.1) is 0 Å². The Morgan fingerprint density at radius 3 is 1.25 bits per heavy atom. The topological polar surface area (TPSA) is 47.1 Å². The van der Waals surface area contributed by atoms with E-state index in [0.29, 0.717) is 0 Å². The zero-order valence-corrected chi connectivity index (χ0v) is 5.77. The molecule has 0 aromatic carbocycles. The Hall–Kier alpha value is 1.76. The molecular weight excluding hydrogens is 231 g/mol. The third kappa shape index (κ3) is 9.25. The molecule has 0 aliphatic carbocycles. The molecule has 0 rings (SSSR count). The van der Waals surface area contributed by atoms with Crippen molar-refractivity contribution in [2.45, 2.75) is 0 Å². The molecule has 0 aliphatic heterocycles. The molecule has 2 nitrogen and oxygen atoms in total. The second kappa shape index (κ2) is 21.7. The van der Waals surface area contributed by atoms with Gasteiger partial charge in [-0.25, -0.2) is 0 Å². The van der Waals surface area contributed by atoms with E-state index in [9.17, 15) is 0 Å². The third-order valence-electron chi connectivity index (χ3n) is 0. The Labute approximate surface area is 64.1 Å². The fourth-order valence-electron chi connectivity index (χ4n) is 0. The molecule has 4 heteroatoms. The van der Waals surface area contributed by atoms with Crippen molar-refractivity contribution in [3.05, 3.63) is 0 Å². The molecule has 0 atom stereocenters. The minimum atomic E-state index is 0. The van der Waals surface area contributed by atoms with Crippen molar-refractivity contribution >= 4 is 23.1 Å². The predicted molar refractivity (Wildman–Crippen MR) is 9.77 cm³/mol. The van der Waals surface area contributed by atoms with Crippen molar-refractivity contribution in [1.29, 1.82) is 0 Å². The van der Waals surface area contributed by atoms with E-state index < -0.39 is 0 Å². The number of hydrogen-bond donors (Lipinski definition) is 0. The molecule has 0 unspecified atom stereocenters. The summed E-state index contributed by atoms with van der Waals surface area (Å²) < 4.78 is 8.08. The first-order valence-corrected chi connectivity index (χ1v) is 0.782. The van der Waals surface area contributed by atoms with Gasteiger partial charge in [0, 0.05) is 0 Å². The molecule has 0 aromatic heterocycles. The molecule has 0 fully saturated rings. The van der Waals surface area contributed by atoms with Gasteiger partial charge in [-0.05, 0) is 0 Å². The molecule has 31 valence electrons. The Kier molecular flexibility index (Phi) is 93.0. The van der Waals surface area contributed by atoms with Crippen molar-refractivity contribution in [2.24, 2.45) is 0 Å². The average molecular weight is 233 g/mol. The van der Waals surface area contributed by atoms with Crippen molar-refractivity contribution in [3.63, 3.8) is 0 Å². The van der Waals surface area contributed by atoms with Crippen LogP contribution >= 0.6 is 0 Å². The molecule has 0 bridgehead atoms. The van der Waals surface area contributed by atoms with Crippen LogP contribution in [0, 0.1) is 35.0 Å². The van der Waals surface area contributed by atoms with Crippen LogP contribution in [0.2, 0.25) is 0 Å². The summed E-state index contributed by atoms with van der Waals surface area (Å²) in [6.45, 7) is 0. The summed E-state index contributed by atoms with van der Waals surface area (Å²) in [7, 11) is 0. The number of rotatable bonds is 0. The second-order valence-corrected chi connectivity index (χ2v) is 0. The first-order chi connectivity index (χ1) is 1.00. The Morgan fingerprint density at radius 2 is 1.25 bits per heavy atom. The average Bonchev–Trinajstić information content (AvgIpc) is 1.00. The van der Waals surface area contributed by atoms with Gasteiger partial charge in [-0.3, -0.25) is 0 Å². The van der Waals surface area contributed by atoms with E-state index in [1.165, 1.54) is 0 Å². The van der Waals surface area contributed by atoms with Gasteiger partial charge in [0.25, 0.3) is 0 Å². The first-order valence-electron chi connectivity index (χ1n) is 0.105. The Balaban J connectivity index is -0.00000000500. The SMILES string of the molecule is [MgH+].[OH-].[O]=[Lu]. The van der Waals surface area contributed by atoms with Crippen LogP contribution < -0.4 is 0 Å². The van der Waals surface area contributed by atoms with Crippen LogP contribution in [0.3, 0.4) is 0 Å². The molecule has 0 saturated heterocycles. The normalized spacial score (nSPS) is 1.50. The summed E-state index contributed by atoms with van der Waals surface area (Å²) in [4.78, 5) is 0. The van der Waals surface area contributed by atoms with Gasteiger partial charge in [-0.1, -0.05) is 0 Å².